The standard InChI is InChI=1S/C13H22O3SSi/c1-13(2,18(3,4)16)8-7-10-5-6-11(17-10)9-12(14)15/h5-6,16H,7-9H2,1-4H3,(H,14,15). The molecule has 0 unspecified atom stereocenters. The fourth-order valence-electron chi connectivity index (χ4n) is 1.54. The molecule has 5 heteroatoms. The van der Waals surface area contributed by atoms with Crippen molar-refractivity contribution < 1.29 is 14.7 Å². The van der Waals surface area contributed by atoms with Crippen molar-refractivity contribution in [2.45, 2.75) is 51.2 Å². The lowest BCUT2D eigenvalue weighted by Gasteiger charge is -2.34. The summed E-state index contributed by atoms with van der Waals surface area (Å²) in [4.78, 5) is 22.9. The minimum Gasteiger partial charge on any atom is -0.481 e. The van der Waals surface area contributed by atoms with Crippen LogP contribution in [0.2, 0.25) is 18.1 Å². The second-order valence-electron chi connectivity index (χ2n) is 5.88. The Hall–Kier alpha value is -0.653. The molecule has 1 aromatic heterocycles. The average Bonchev–Trinajstić information content (AvgIpc) is 2.60. The van der Waals surface area contributed by atoms with Gasteiger partial charge in [0.2, 0.25) is 0 Å². The Morgan fingerprint density at radius 3 is 2.39 bits per heavy atom. The van der Waals surface area contributed by atoms with Crippen molar-refractivity contribution in [3.05, 3.63) is 21.9 Å². The van der Waals surface area contributed by atoms with Gasteiger partial charge in [0.05, 0.1) is 6.42 Å². The van der Waals surface area contributed by atoms with Crippen LogP contribution in [-0.4, -0.2) is 24.2 Å². The molecule has 0 amide bonds. The van der Waals surface area contributed by atoms with Crippen molar-refractivity contribution in [2.24, 2.45) is 0 Å². The summed E-state index contributed by atoms with van der Waals surface area (Å²) in [7, 11) is -2.15. The molecule has 0 saturated carbocycles. The topological polar surface area (TPSA) is 57.5 Å². The fraction of sp³-hybridized carbons (Fsp3) is 0.615. The molecule has 0 aromatic carbocycles. The van der Waals surface area contributed by atoms with Crippen molar-refractivity contribution >= 4 is 25.6 Å². The van der Waals surface area contributed by atoms with E-state index >= 15 is 0 Å². The van der Waals surface area contributed by atoms with Crippen LogP contribution in [-0.2, 0) is 17.6 Å². The highest BCUT2D eigenvalue weighted by Gasteiger charge is 2.37. The van der Waals surface area contributed by atoms with Crippen LogP contribution in [0.1, 0.15) is 30.0 Å². The van der Waals surface area contributed by atoms with Gasteiger partial charge >= 0.3 is 5.97 Å². The first-order chi connectivity index (χ1) is 8.12. The van der Waals surface area contributed by atoms with E-state index in [9.17, 15) is 9.59 Å². The number of carbonyl (C=O) groups is 1. The quantitative estimate of drug-likeness (QED) is 0.789. The molecule has 1 rings (SSSR count). The van der Waals surface area contributed by atoms with E-state index in [1.54, 1.807) is 11.3 Å². The maximum Gasteiger partial charge on any atom is 0.308 e. The van der Waals surface area contributed by atoms with Crippen LogP contribution < -0.4 is 0 Å². The lowest BCUT2D eigenvalue weighted by atomic mass is 10.1. The number of carboxylic acid groups (broad SMARTS) is 1. The van der Waals surface area contributed by atoms with Gasteiger partial charge in [-0.3, -0.25) is 4.79 Å². The molecule has 3 nitrogen and oxygen atoms in total. The number of rotatable bonds is 6. The summed E-state index contributed by atoms with van der Waals surface area (Å²) in [5, 5.41) is 8.70. The van der Waals surface area contributed by atoms with E-state index < -0.39 is 14.3 Å². The third-order valence-electron chi connectivity index (χ3n) is 3.70. The largest absolute Gasteiger partial charge is 0.481 e. The molecule has 0 aliphatic rings. The van der Waals surface area contributed by atoms with Gasteiger partial charge in [-0.1, -0.05) is 13.8 Å². The number of aryl methyl sites for hydroxylation is 1. The fourth-order valence-corrected chi connectivity index (χ4v) is 3.29. The number of thiophene rings is 1. The second-order valence-corrected chi connectivity index (χ2v) is 11.6. The first-order valence-electron chi connectivity index (χ1n) is 6.13. The van der Waals surface area contributed by atoms with Gasteiger partial charge in [0.25, 0.3) is 0 Å². The minimum absolute atomic E-state index is 0.0239. The Bertz CT molecular complexity index is 418. The van der Waals surface area contributed by atoms with Crippen LogP contribution in [0.15, 0.2) is 12.1 Å². The highest BCUT2D eigenvalue weighted by atomic mass is 32.1. The average molecular weight is 286 g/mol. The Kier molecular flexibility index (Phi) is 4.75. The van der Waals surface area contributed by atoms with Gasteiger partial charge in [-0.05, 0) is 43.1 Å². The van der Waals surface area contributed by atoms with Gasteiger partial charge in [-0.25, -0.2) is 0 Å². The molecule has 0 spiro atoms. The van der Waals surface area contributed by atoms with E-state index in [1.807, 2.05) is 25.2 Å². The van der Waals surface area contributed by atoms with Crippen LogP contribution in [0.5, 0.6) is 0 Å². The smallest absolute Gasteiger partial charge is 0.308 e. The highest BCUT2D eigenvalue weighted by Crippen LogP contribution is 2.40. The molecule has 0 saturated heterocycles. The van der Waals surface area contributed by atoms with E-state index in [1.165, 1.54) is 4.88 Å². The number of carboxylic acids is 1. The molecule has 0 fully saturated rings. The zero-order valence-electron chi connectivity index (χ0n) is 11.5. The maximum absolute atomic E-state index is 10.6. The molecular weight excluding hydrogens is 264 g/mol. The van der Waals surface area contributed by atoms with Crippen molar-refractivity contribution in [3.8, 4) is 0 Å². The van der Waals surface area contributed by atoms with Gasteiger partial charge in [0.1, 0.15) is 0 Å². The zero-order chi connectivity index (χ0) is 14.0. The van der Waals surface area contributed by atoms with Gasteiger partial charge in [-0.2, -0.15) is 0 Å². The van der Waals surface area contributed by atoms with Crippen molar-refractivity contribution in [1.29, 1.82) is 0 Å². The predicted molar refractivity (Wildman–Crippen MR) is 77.7 cm³/mol. The van der Waals surface area contributed by atoms with Crippen molar-refractivity contribution in [3.63, 3.8) is 0 Å². The van der Waals surface area contributed by atoms with Crippen molar-refractivity contribution in [1.82, 2.24) is 0 Å². The third-order valence-corrected chi connectivity index (χ3v) is 8.40. The van der Waals surface area contributed by atoms with Gasteiger partial charge in [-0.15, -0.1) is 11.3 Å². The molecule has 0 aliphatic carbocycles. The second kappa shape index (κ2) is 5.55. The summed E-state index contributed by atoms with van der Waals surface area (Å²) in [5.41, 5.74) is 0. The minimum atomic E-state index is -2.15. The Morgan fingerprint density at radius 2 is 1.89 bits per heavy atom. The van der Waals surface area contributed by atoms with E-state index in [4.69, 9.17) is 5.11 Å². The van der Waals surface area contributed by atoms with Crippen LogP contribution in [0.25, 0.3) is 0 Å². The molecule has 1 aromatic rings. The molecule has 102 valence electrons. The van der Waals surface area contributed by atoms with Crippen molar-refractivity contribution in [2.75, 3.05) is 0 Å². The summed E-state index contributed by atoms with van der Waals surface area (Å²) in [6.45, 7) is 8.17. The number of hydrogen-bond acceptors (Lipinski definition) is 3. The third kappa shape index (κ3) is 4.22. The molecule has 18 heavy (non-hydrogen) atoms. The van der Waals surface area contributed by atoms with Crippen LogP contribution in [0.4, 0.5) is 0 Å². The van der Waals surface area contributed by atoms with E-state index in [2.05, 4.69) is 13.8 Å². The van der Waals surface area contributed by atoms with Crippen LogP contribution >= 0.6 is 11.3 Å². The summed E-state index contributed by atoms with van der Waals surface area (Å²) < 4.78 is 0. The van der Waals surface area contributed by atoms with E-state index in [-0.39, 0.29) is 11.5 Å². The number of aliphatic carboxylic acids is 1. The zero-order valence-corrected chi connectivity index (χ0v) is 13.3. The molecule has 0 radical (unpaired) electrons. The first kappa shape index (κ1) is 15.4. The first-order valence-corrected chi connectivity index (χ1v) is 9.90. The Labute approximate surface area is 114 Å². The SMILES string of the molecule is CC(C)(CCc1ccc(CC(=O)O)s1)[Si](C)(C)O. The normalized spacial score (nSPS) is 12.7. The summed E-state index contributed by atoms with van der Waals surface area (Å²) in [6, 6.07) is 3.90. The highest BCUT2D eigenvalue weighted by molar-refractivity contribution is 7.12. The monoisotopic (exact) mass is 286 g/mol. The van der Waals surface area contributed by atoms with Gasteiger partial charge < -0.3 is 9.90 Å². The van der Waals surface area contributed by atoms with Crippen LogP contribution in [0.3, 0.4) is 0 Å². The summed E-state index contributed by atoms with van der Waals surface area (Å²) in [5.74, 6) is -0.785. The van der Waals surface area contributed by atoms with E-state index in [0.29, 0.717) is 0 Å². The summed E-state index contributed by atoms with van der Waals surface area (Å²) in [6.07, 6.45) is 1.96. The molecular formula is C13H22O3SSi. The number of hydrogen-bond donors (Lipinski definition) is 2. The molecule has 0 atom stereocenters. The molecule has 2 N–H and O–H groups in total. The van der Waals surface area contributed by atoms with Gasteiger partial charge in [0.15, 0.2) is 8.32 Å². The molecule has 0 aliphatic heterocycles. The maximum atomic E-state index is 10.6. The molecule has 0 bridgehead atoms. The van der Waals surface area contributed by atoms with Gasteiger partial charge in [0, 0.05) is 9.75 Å². The molecule has 1 heterocycles. The van der Waals surface area contributed by atoms with Crippen LogP contribution in [0, 0.1) is 0 Å². The Morgan fingerprint density at radius 1 is 1.33 bits per heavy atom. The van der Waals surface area contributed by atoms with E-state index in [0.717, 1.165) is 17.7 Å². The predicted octanol–water partition coefficient (Wildman–Crippen LogP) is 3.29. The lowest BCUT2D eigenvalue weighted by molar-refractivity contribution is -0.136. The summed E-state index contributed by atoms with van der Waals surface area (Å²) >= 11 is 1.57. The lowest BCUT2D eigenvalue weighted by Crippen LogP contribution is -2.39. The Balaban J connectivity index is 2.59.